The molecule has 34 heavy (non-hydrogen) atoms. The zero-order valence-electron chi connectivity index (χ0n) is 19.8. The first kappa shape index (κ1) is 22.5. The van der Waals surface area contributed by atoms with E-state index in [-0.39, 0.29) is 11.8 Å². The van der Waals surface area contributed by atoms with Crippen molar-refractivity contribution in [3.05, 3.63) is 60.2 Å². The molecule has 2 aliphatic rings. The van der Waals surface area contributed by atoms with E-state index in [0.717, 1.165) is 54.0 Å². The molecule has 1 aromatic heterocycles. The fraction of sp³-hybridized carbons (Fsp3) is 0.393. The van der Waals surface area contributed by atoms with Gasteiger partial charge in [-0.3, -0.25) is 14.5 Å². The van der Waals surface area contributed by atoms with Crippen molar-refractivity contribution in [1.29, 1.82) is 0 Å². The van der Waals surface area contributed by atoms with Crippen molar-refractivity contribution >= 4 is 28.4 Å². The van der Waals surface area contributed by atoms with Gasteiger partial charge < -0.3 is 10.2 Å². The average molecular weight is 457 g/mol. The molecule has 2 aromatic carbocycles. The summed E-state index contributed by atoms with van der Waals surface area (Å²) in [6, 6.07) is 18.1. The van der Waals surface area contributed by atoms with Gasteiger partial charge in [-0.05, 0) is 37.1 Å². The van der Waals surface area contributed by atoms with E-state index in [0.29, 0.717) is 11.6 Å². The smallest absolute Gasteiger partial charge is 0.254 e. The number of benzene rings is 2. The number of aromatic nitrogens is 1. The highest BCUT2D eigenvalue weighted by molar-refractivity contribution is 6.07. The van der Waals surface area contributed by atoms with Gasteiger partial charge in [-0.15, -0.1) is 0 Å². The van der Waals surface area contributed by atoms with Crippen LogP contribution in [0.25, 0.3) is 22.2 Å². The van der Waals surface area contributed by atoms with Crippen molar-refractivity contribution < 1.29 is 9.59 Å². The van der Waals surface area contributed by atoms with E-state index in [4.69, 9.17) is 4.98 Å². The minimum absolute atomic E-state index is 0.0815. The molecule has 1 aliphatic carbocycles. The van der Waals surface area contributed by atoms with Crippen molar-refractivity contribution in [2.24, 2.45) is 0 Å². The minimum atomic E-state index is -0.104. The van der Waals surface area contributed by atoms with Crippen LogP contribution >= 0.6 is 0 Å². The maximum Gasteiger partial charge on any atom is 0.254 e. The van der Waals surface area contributed by atoms with Crippen molar-refractivity contribution in [2.75, 3.05) is 31.5 Å². The summed E-state index contributed by atoms with van der Waals surface area (Å²) in [4.78, 5) is 34.4. The highest BCUT2D eigenvalue weighted by Gasteiger charge is 2.28. The Morgan fingerprint density at radius 2 is 1.62 bits per heavy atom. The predicted octanol–water partition coefficient (Wildman–Crippen LogP) is 4.95. The third-order valence-electron chi connectivity index (χ3n) is 7.14. The highest BCUT2D eigenvalue weighted by Crippen LogP contribution is 2.28. The van der Waals surface area contributed by atoms with E-state index < -0.39 is 0 Å². The number of amides is 2. The highest BCUT2D eigenvalue weighted by atomic mass is 16.2. The zero-order chi connectivity index (χ0) is 23.5. The van der Waals surface area contributed by atoms with Crippen molar-refractivity contribution in [2.45, 2.75) is 45.1 Å². The molecule has 0 unspecified atom stereocenters. The molecule has 6 heteroatoms. The molecule has 1 aliphatic heterocycles. The normalized spacial score (nSPS) is 17.6. The average Bonchev–Trinajstić information content (AvgIpc) is 2.88. The molecule has 176 valence electrons. The molecule has 1 saturated carbocycles. The van der Waals surface area contributed by atoms with Crippen LogP contribution in [0.15, 0.2) is 54.6 Å². The first-order chi connectivity index (χ1) is 16.6. The Kier molecular flexibility index (Phi) is 6.59. The van der Waals surface area contributed by atoms with Crippen molar-refractivity contribution in [3.8, 4) is 11.3 Å². The number of carbonyl (C=O) groups is 2. The Morgan fingerprint density at radius 1 is 0.912 bits per heavy atom. The number of pyridine rings is 1. The summed E-state index contributed by atoms with van der Waals surface area (Å²) in [5, 5.41) is 3.68. The molecule has 0 radical (unpaired) electrons. The third kappa shape index (κ3) is 4.82. The van der Waals surface area contributed by atoms with Gasteiger partial charge in [0.1, 0.15) is 0 Å². The molecule has 2 fully saturated rings. The second kappa shape index (κ2) is 9.94. The van der Waals surface area contributed by atoms with Crippen molar-refractivity contribution in [3.63, 3.8) is 0 Å². The molecular formula is C28H32N4O2. The fourth-order valence-electron chi connectivity index (χ4n) is 5.33. The minimum Gasteiger partial charge on any atom is -0.336 e. The van der Waals surface area contributed by atoms with Gasteiger partial charge in [0.25, 0.3) is 5.91 Å². The van der Waals surface area contributed by atoms with E-state index in [1.54, 1.807) is 0 Å². The first-order valence-corrected chi connectivity index (χ1v) is 12.4. The molecule has 3 aromatic rings. The second-order valence-electron chi connectivity index (χ2n) is 9.45. The summed E-state index contributed by atoms with van der Waals surface area (Å²) in [6.07, 6.45) is 6.63. The Labute approximate surface area is 201 Å². The molecule has 6 nitrogen and oxygen atoms in total. The maximum absolute atomic E-state index is 13.7. The van der Waals surface area contributed by atoms with Crippen LogP contribution in [-0.4, -0.2) is 58.8 Å². The Bertz CT molecular complexity index is 1180. The van der Waals surface area contributed by atoms with E-state index in [2.05, 4.69) is 10.2 Å². The Balaban J connectivity index is 1.39. The second-order valence-corrected chi connectivity index (χ2v) is 9.45. The lowest BCUT2D eigenvalue weighted by Crippen LogP contribution is -2.52. The van der Waals surface area contributed by atoms with Crippen LogP contribution in [0.2, 0.25) is 0 Å². The van der Waals surface area contributed by atoms with Crippen LogP contribution in [0.5, 0.6) is 0 Å². The predicted molar refractivity (Wildman–Crippen MR) is 136 cm³/mol. The Morgan fingerprint density at radius 3 is 2.32 bits per heavy atom. The lowest BCUT2D eigenvalue weighted by Gasteiger charge is -2.40. The summed E-state index contributed by atoms with van der Waals surface area (Å²) in [5.41, 5.74) is 3.94. The maximum atomic E-state index is 13.7. The molecule has 0 atom stereocenters. The van der Waals surface area contributed by atoms with Crippen LogP contribution in [0.4, 0.5) is 5.69 Å². The topological polar surface area (TPSA) is 65.5 Å². The molecule has 2 heterocycles. The zero-order valence-corrected chi connectivity index (χ0v) is 19.8. The number of para-hydroxylation sites is 1. The number of nitrogens with one attached hydrogen (secondary N) is 1. The van der Waals surface area contributed by atoms with Gasteiger partial charge in [-0.25, -0.2) is 4.98 Å². The third-order valence-corrected chi connectivity index (χ3v) is 7.14. The number of carbonyl (C=O) groups excluding carboxylic acids is 2. The van der Waals surface area contributed by atoms with E-state index in [9.17, 15) is 9.59 Å². The number of piperazine rings is 1. The molecule has 0 spiro atoms. The lowest BCUT2D eigenvalue weighted by atomic mass is 9.94. The quantitative estimate of drug-likeness (QED) is 0.603. The SMILES string of the molecule is CC(=O)Nc1ccc(-c2cc(C(=O)N3CCN(C4CCCCC4)CC3)c3ccccc3n2)cc1. The van der Waals surface area contributed by atoms with Gasteiger partial charge in [-0.2, -0.15) is 0 Å². The molecule has 1 N–H and O–H groups in total. The van der Waals surface area contributed by atoms with E-state index >= 15 is 0 Å². The van der Waals surface area contributed by atoms with Crippen LogP contribution in [0, 0.1) is 0 Å². The van der Waals surface area contributed by atoms with Gasteiger partial charge in [0.2, 0.25) is 5.91 Å². The molecule has 2 amide bonds. The number of rotatable bonds is 4. The number of nitrogens with zero attached hydrogens (tertiary/aromatic N) is 3. The monoisotopic (exact) mass is 456 g/mol. The molecule has 5 rings (SSSR count). The van der Waals surface area contributed by atoms with E-state index in [1.807, 2.05) is 59.5 Å². The largest absolute Gasteiger partial charge is 0.336 e. The number of fused-ring (bicyclic) bond motifs is 1. The molecule has 1 saturated heterocycles. The number of hydrogen-bond donors (Lipinski definition) is 1. The van der Waals surface area contributed by atoms with Gasteiger partial charge >= 0.3 is 0 Å². The molecule has 0 bridgehead atoms. The standard InChI is InChI=1S/C28H32N4O2/c1-20(33)29-22-13-11-21(12-14-22)27-19-25(24-9-5-6-10-26(24)30-27)28(34)32-17-15-31(16-18-32)23-7-3-2-4-8-23/h5-6,9-14,19,23H,2-4,7-8,15-18H2,1H3,(H,29,33). The Hall–Kier alpha value is -3.25. The fourth-order valence-corrected chi connectivity index (χ4v) is 5.33. The number of hydrogen-bond acceptors (Lipinski definition) is 4. The van der Waals surface area contributed by atoms with Crippen LogP contribution in [-0.2, 0) is 4.79 Å². The van der Waals surface area contributed by atoms with Crippen LogP contribution < -0.4 is 5.32 Å². The van der Waals surface area contributed by atoms with Gasteiger partial charge in [0.05, 0.1) is 16.8 Å². The molecular weight excluding hydrogens is 424 g/mol. The van der Waals surface area contributed by atoms with Crippen LogP contribution in [0.3, 0.4) is 0 Å². The summed E-state index contributed by atoms with van der Waals surface area (Å²) < 4.78 is 0. The summed E-state index contributed by atoms with van der Waals surface area (Å²) in [6.45, 7) is 4.94. The summed E-state index contributed by atoms with van der Waals surface area (Å²) >= 11 is 0. The van der Waals surface area contributed by atoms with Gasteiger partial charge in [-0.1, -0.05) is 49.6 Å². The summed E-state index contributed by atoms with van der Waals surface area (Å²) in [5.74, 6) is -0.0222. The summed E-state index contributed by atoms with van der Waals surface area (Å²) in [7, 11) is 0. The first-order valence-electron chi connectivity index (χ1n) is 12.4. The number of anilines is 1. The van der Waals surface area contributed by atoms with Crippen molar-refractivity contribution in [1.82, 2.24) is 14.8 Å². The van der Waals surface area contributed by atoms with E-state index in [1.165, 1.54) is 39.0 Å². The van der Waals surface area contributed by atoms with Gasteiger partial charge in [0.15, 0.2) is 0 Å². The van der Waals surface area contributed by atoms with Crippen LogP contribution in [0.1, 0.15) is 49.4 Å². The van der Waals surface area contributed by atoms with Gasteiger partial charge in [0, 0.05) is 55.8 Å². The lowest BCUT2D eigenvalue weighted by molar-refractivity contribution is -0.114.